The van der Waals surface area contributed by atoms with E-state index in [0.29, 0.717) is 31.7 Å². The maximum atomic E-state index is 12.5. The number of carbonyl (C=O) groups is 1. The molecular formula is C27H28ClN3O2. The van der Waals surface area contributed by atoms with Gasteiger partial charge in [-0.25, -0.2) is 4.98 Å². The zero-order chi connectivity index (χ0) is 23.4. The van der Waals surface area contributed by atoms with Gasteiger partial charge < -0.3 is 14.6 Å². The van der Waals surface area contributed by atoms with E-state index < -0.39 is 0 Å². The predicted octanol–water partition coefficient (Wildman–Crippen LogP) is 5.67. The fourth-order valence-electron chi connectivity index (χ4n) is 3.99. The van der Waals surface area contributed by atoms with Crippen LogP contribution < -0.4 is 10.1 Å². The molecule has 0 aliphatic rings. The average molecular weight is 462 g/mol. The number of halogens is 1. The molecule has 4 aromatic rings. The molecule has 0 bridgehead atoms. The largest absolute Gasteiger partial charge is 0.492 e. The first kappa shape index (κ1) is 22.9. The molecule has 0 unspecified atom stereocenters. The minimum Gasteiger partial charge on any atom is -0.492 e. The molecule has 5 nitrogen and oxygen atoms in total. The van der Waals surface area contributed by atoms with E-state index in [1.54, 1.807) is 0 Å². The Bertz CT molecular complexity index is 1270. The number of nitrogens with zero attached hydrogens (tertiary/aromatic N) is 2. The number of nitrogens with one attached hydrogen (secondary N) is 1. The third-order valence-electron chi connectivity index (χ3n) is 5.64. The molecule has 3 aromatic carbocycles. The SMILES string of the molecule is Cc1cccc(C(=O)NCCc2nc3ccccc3n2CCOc2cc(C)c(Cl)c(C)c2)c1. The van der Waals surface area contributed by atoms with Crippen molar-refractivity contribution in [1.29, 1.82) is 0 Å². The lowest BCUT2D eigenvalue weighted by molar-refractivity contribution is 0.0953. The van der Waals surface area contributed by atoms with Crippen LogP contribution in [0.2, 0.25) is 5.02 Å². The number of rotatable bonds is 8. The molecule has 1 N–H and O–H groups in total. The molecule has 0 saturated heterocycles. The maximum absolute atomic E-state index is 12.5. The van der Waals surface area contributed by atoms with Crippen molar-refractivity contribution in [2.24, 2.45) is 0 Å². The van der Waals surface area contributed by atoms with Crippen LogP contribution in [0.25, 0.3) is 11.0 Å². The molecule has 0 aliphatic heterocycles. The Kier molecular flexibility index (Phi) is 6.99. The summed E-state index contributed by atoms with van der Waals surface area (Å²) in [4.78, 5) is 17.3. The predicted molar refractivity (Wildman–Crippen MR) is 133 cm³/mol. The van der Waals surface area contributed by atoms with Crippen molar-refractivity contribution in [3.05, 3.63) is 93.8 Å². The summed E-state index contributed by atoms with van der Waals surface area (Å²) < 4.78 is 8.21. The molecule has 0 spiro atoms. The molecular weight excluding hydrogens is 434 g/mol. The van der Waals surface area contributed by atoms with E-state index >= 15 is 0 Å². The molecule has 0 saturated carbocycles. The van der Waals surface area contributed by atoms with Gasteiger partial charge in [0.2, 0.25) is 0 Å². The van der Waals surface area contributed by atoms with Crippen LogP contribution in [0.1, 0.15) is 32.9 Å². The highest BCUT2D eigenvalue weighted by atomic mass is 35.5. The zero-order valence-corrected chi connectivity index (χ0v) is 19.9. The molecule has 6 heteroatoms. The lowest BCUT2D eigenvalue weighted by Gasteiger charge is -2.13. The van der Waals surface area contributed by atoms with Crippen molar-refractivity contribution >= 4 is 28.5 Å². The van der Waals surface area contributed by atoms with Crippen LogP contribution in [0.4, 0.5) is 0 Å². The first-order chi connectivity index (χ1) is 15.9. The third-order valence-corrected chi connectivity index (χ3v) is 6.24. The van der Waals surface area contributed by atoms with Crippen molar-refractivity contribution in [3.8, 4) is 5.75 Å². The molecule has 1 heterocycles. The van der Waals surface area contributed by atoms with E-state index in [4.69, 9.17) is 21.3 Å². The highest BCUT2D eigenvalue weighted by Gasteiger charge is 2.12. The number of hydrogen-bond donors (Lipinski definition) is 1. The van der Waals surface area contributed by atoms with E-state index in [2.05, 4.69) is 16.0 Å². The van der Waals surface area contributed by atoms with Gasteiger partial charge in [-0.15, -0.1) is 0 Å². The second-order valence-electron chi connectivity index (χ2n) is 8.26. The van der Waals surface area contributed by atoms with Crippen LogP contribution in [-0.2, 0) is 13.0 Å². The Labute approximate surface area is 199 Å². The van der Waals surface area contributed by atoms with Gasteiger partial charge in [0.1, 0.15) is 18.2 Å². The van der Waals surface area contributed by atoms with Crippen molar-refractivity contribution < 1.29 is 9.53 Å². The standard InChI is InChI=1S/C27H28ClN3O2/c1-18-7-6-8-21(15-18)27(32)29-12-11-25-30-23-9-4-5-10-24(23)31(25)13-14-33-22-16-19(2)26(28)20(3)17-22/h4-10,15-17H,11-14H2,1-3H3,(H,29,32). The van der Waals surface area contributed by atoms with Crippen LogP contribution >= 0.6 is 11.6 Å². The molecule has 0 aliphatic carbocycles. The third kappa shape index (κ3) is 5.37. The molecule has 1 amide bonds. The number of aromatic nitrogens is 2. The minimum absolute atomic E-state index is 0.0711. The normalized spacial score (nSPS) is 11.0. The van der Waals surface area contributed by atoms with Crippen molar-refractivity contribution in [2.45, 2.75) is 33.7 Å². The lowest BCUT2D eigenvalue weighted by Crippen LogP contribution is -2.26. The van der Waals surface area contributed by atoms with Crippen LogP contribution in [0.5, 0.6) is 5.75 Å². The Morgan fingerprint density at radius 2 is 1.79 bits per heavy atom. The molecule has 33 heavy (non-hydrogen) atoms. The summed E-state index contributed by atoms with van der Waals surface area (Å²) >= 11 is 6.27. The first-order valence-corrected chi connectivity index (χ1v) is 11.5. The Hall–Kier alpha value is -3.31. The van der Waals surface area contributed by atoms with E-state index in [-0.39, 0.29) is 5.91 Å². The Morgan fingerprint density at radius 3 is 2.55 bits per heavy atom. The molecule has 0 atom stereocenters. The highest BCUT2D eigenvalue weighted by molar-refractivity contribution is 6.32. The van der Waals surface area contributed by atoms with Gasteiger partial charge in [0.05, 0.1) is 17.6 Å². The van der Waals surface area contributed by atoms with Crippen LogP contribution in [-0.4, -0.2) is 28.6 Å². The van der Waals surface area contributed by atoms with E-state index in [1.165, 1.54) is 0 Å². The maximum Gasteiger partial charge on any atom is 0.251 e. The summed E-state index contributed by atoms with van der Waals surface area (Å²) in [6, 6.07) is 19.6. The van der Waals surface area contributed by atoms with Gasteiger partial charge in [-0.1, -0.05) is 41.4 Å². The summed E-state index contributed by atoms with van der Waals surface area (Å²) in [7, 11) is 0. The van der Waals surface area contributed by atoms with Gasteiger partial charge in [-0.05, 0) is 68.3 Å². The van der Waals surface area contributed by atoms with Crippen molar-refractivity contribution in [2.75, 3.05) is 13.2 Å². The number of fused-ring (bicyclic) bond motifs is 1. The minimum atomic E-state index is -0.0711. The summed E-state index contributed by atoms with van der Waals surface area (Å²) in [5.41, 5.74) is 5.75. The number of ether oxygens (including phenoxy) is 1. The fourth-order valence-corrected chi connectivity index (χ4v) is 4.10. The number of para-hydroxylation sites is 2. The first-order valence-electron chi connectivity index (χ1n) is 11.1. The van der Waals surface area contributed by atoms with Crippen molar-refractivity contribution in [1.82, 2.24) is 14.9 Å². The Morgan fingerprint density at radius 1 is 1.03 bits per heavy atom. The fraction of sp³-hybridized carbons (Fsp3) is 0.259. The van der Waals surface area contributed by atoms with Crippen LogP contribution in [0.3, 0.4) is 0 Å². The van der Waals surface area contributed by atoms with Gasteiger partial charge in [0, 0.05) is 23.6 Å². The second-order valence-corrected chi connectivity index (χ2v) is 8.64. The van der Waals surface area contributed by atoms with Gasteiger partial charge in [-0.2, -0.15) is 0 Å². The molecule has 170 valence electrons. The summed E-state index contributed by atoms with van der Waals surface area (Å²) in [6.45, 7) is 7.61. The number of amides is 1. The van der Waals surface area contributed by atoms with Gasteiger partial charge in [-0.3, -0.25) is 4.79 Å². The summed E-state index contributed by atoms with van der Waals surface area (Å²) in [5, 5.41) is 3.79. The number of carbonyl (C=O) groups excluding carboxylic acids is 1. The lowest BCUT2D eigenvalue weighted by atomic mass is 10.1. The zero-order valence-electron chi connectivity index (χ0n) is 19.2. The quantitative estimate of drug-likeness (QED) is 0.368. The Balaban J connectivity index is 1.44. The topological polar surface area (TPSA) is 56.2 Å². The molecule has 1 aromatic heterocycles. The van der Waals surface area contributed by atoms with Crippen molar-refractivity contribution in [3.63, 3.8) is 0 Å². The second kappa shape index (κ2) is 10.1. The van der Waals surface area contributed by atoms with Crippen LogP contribution in [0, 0.1) is 20.8 Å². The van der Waals surface area contributed by atoms with Gasteiger partial charge >= 0.3 is 0 Å². The molecule has 0 fully saturated rings. The number of aryl methyl sites for hydroxylation is 3. The molecule has 0 radical (unpaired) electrons. The van der Waals surface area contributed by atoms with Gasteiger partial charge in [0.15, 0.2) is 0 Å². The number of hydrogen-bond acceptors (Lipinski definition) is 3. The average Bonchev–Trinajstić information content (AvgIpc) is 3.15. The van der Waals surface area contributed by atoms with Crippen LogP contribution in [0.15, 0.2) is 60.7 Å². The van der Waals surface area contributed by atoms with Gasteiger partial charge in [0.25, 0.3) is 5.91 Å². The van der Waals surface area contributed by atoms with E-state index in [0.717, 1.165) is 44.3 Å². The number of benzene rings is 3. The summed E-state index contributed by atoms with van der Waals surface area (Å²) in [5.74, 6) is 1.66. The van der Waals surface area contributed by atoms with E-state index in [1.807, 2.05) is 75.4 Å². The summed E-state index contributed by atoms with van der Waals surface area (Å²) in [6.07, 6.45) is 0.630. The monoisotopic (exact) mass is 461 g/mol. The smallest absolute Gasteiger partial charge is 0.251 e. The van der Waals surface area contributed by atoms with E-state index in [9.17, 15) is 4.79 Å². The highest BCUT2D eigenvalue weighted by Crippen LogP contribution is 2.26. The number of imidazole rings is 1. The molecule has 4 rings (SSSR count).